The van der Waals surface area contributed by atoms with Gasteiger partial charge in [-0.25, -0.2) is 8.78 Å². The van der Waals surface area contributed by atoms with E-state index >= 15 is 0 Å². The molecule has 0 saturated carbocycles. The summed E-state index contributed by atoms with van der Waals surface area (Å²) in [5.41, 5.74) is 0.0731. The second kappa shape index (κ2) is 2.74. The maximum atomic E-state index is 12.7. The minimum atomic E-state index is -0.965. The van der Waals surface area contributed by atoms with Crippen molar-refractivity contribution in [3.8, 4) is 5.75 Å². The standard InChI is InChI=1S/C7H7F2NO/c1-10-5-3-2-4(8)7(11)6(5)9/h2-3,10-11H,1H3. The van der Waals surface area contributed by atoms with Crippen LogP contribution in [0.1, 0.15) is 0 Å². The number of benzene rings is 1. The summed E-state index contributed by atoms with van der Waals surface area (Å²) in [5, 5.41) is 11.2. The van der Waals surface area contributed by atoms with Crippen LogP contribution < -0.4 is 5.32 Å². The molecule has 0 bridgehead atoms. The Morgan fingerprint density at radius 3 is 2.55 bits per heavy atom. The van der Waals surface area contributed by atoms with Gasteiger partial charge in [0.1, 0.15) is 0 Å². The molecule has 0 radical (unpaired) electrons. The van der Waals surface area contributed by atoms with Crippen molar-refractivity contribution >= 4 is 5.69 Å². The van der Waals surface area contributed by atoms with Gasteiger partial charge in [-0.05, 0) is 12.1 Å². The van der Waals surface area contributed by atoms with Gasteiger partial charge in [-0.1, -0.05) is 0 Å². The van der Waals surface area contributed by atoms with Crippen LogP contribution in [-0.2, 0) is 0 Å². The minimum Gasteiger partial charge on any atom is -0.503 e. The molecule has 1 aromatic rings. The van der Waals surface area contributed by atoms with E-state index in [4.69, 9.17) is 5.11 Å². The normalized spacial score (nSPS) is 9.73. The fraction of sp³-hybridized carbons (Fsp3) is 0.143. The van der Waals surface area contributed by atoms with E-state index < -0.39 is 17.4 Å². The zero-order chi connectivity index (χ0) is 8.43. The van der Waals surface area contributed by atoms with E-state index in [0.717, 1.165) is 6.07 Å². The van der Waals surface area contributed by atoms with Crippen molar-refractivity contribution < 1.29 is 13.9 Å². The lowest BCUT2D eigenvalue weighted by atomic mass is 10.3. The highest BCUT2D eigenvalue weighted by atomic mass is 19.1. The lowest BCUT2D eigenvalue weighted by molar-refractivity contribution is 0.397. The monoisotopic (exact) mass is 159 g/mol. The van der Waals surface area contributed by atoms with Crippen molar-refractivity contribution in [2.75, 3.05) is 12.4 Å². The first kappa shape index (κ1) is 7.78. The number of halogens is 2. The Kier molecular flexibility index (Phi) is 1.94. The van der Waals surface area contributed by atoms with Gasteiger partial charge in [-0.2, -0.15) is 0 Å². The third kappa shape index (κ3) is 1.24. The molecular weight excluding hydrogens is 152 g/mol. The number of anilines is 1. The van der Waals surface area contributed by atoms with Gasteiger partial charge in [0.2, 0.25) is 0 Å². The van der Waals surface area contributed by atoms with Gasteiger partial charge in [0, 0.05) is 7.05 Å². The number of phenolic OH excluding ortho intramolecular Hbond substituents is 1. The second-order valence-electron chi connectivity index (χ2n) is 2.01. The first-order chi connectivity index (χ1) is 5.16. The number of aromatic hydroxyl groups is 1. The topological polar surface area (TPSA) is 32.3 Å². The summed E-state index contributed by atoms with van der Waals surface area (Å²) in [6.45, 7) is 0. The number of hydrogen-bond acceptors (Lipinski definition) is 2. The first-order valence-corrected chi connectivity index (χ1v) is 3.01. The number of phenols is 1. The molecular formula is C7H7F2NO. The number of hydrogen-bond donors (Lipinski definition) is 2. The molecule has 2 N–H and O–H groups in total. The molecule has 0 spiro atoms. The molecule has 0 aliphatic carbocycles. The van der Waals surface area contributed by atoms with Gasteiger partial charge in [0.05, 0.1) is 5.69 Å². The SMILES string of the molecule is CNc1ccc(F)c(O)c1F. The molecule has 0 aliphatic rings. The molecule has 0 unspecified atom stereocenters. The van der Waals surface area contributed by atoms with Gasteiger partial charge < -0.3 is 10.4 Å². The lowest BCUT2D eigenvalue weighted by Gasteiger charge is -2.03. The first-order valence-electron chi connectivity index (χ1n) is 3.01. The molecule has 1 rings (SSSR count). The molecule has 1 aromatic carbocycles. The molecule has 4 heteroatoms. The number of nitrogens with one attached hydrogen (secondary N) is 1. The Morgan fingerprint density at radius 2 is 2.00 bits per heavy atom. The highest BCUT2D eigenvalue weighted by Crippen LogP contribution is 2.25. The fourth-order valence-electron chi connectivity index (χ4n) is 0.734. The Hall–Kier alpha value is -1.32. The van der Waals surface area contributed by atoms with Gasteiger partial charge in [-0.15, -0.1) is 0 Å². The smallest absolute Gasteiger partial charge is 0.190 e. The molecule has 0 fully saturated rings. The molecule has 0 aliphatic heterocycles. The van der Waals surface area contributed by atoms with Crippen LogP contribution in [0.25, 0.3) is 0 Å². The molecule has 11 heavy (non-hydrogen) atoms. The molecule has 0 amide bonds. The van der Waals surface area contributed by atoms with Gasteiger partial charge in [0.15, 0.2) is 17.4 Å². The van der Waals surface area contributed by atoms with E-state index in [-0.39, 0.29) is 5.69 Å². The van der Waals surface area contributed by atoms with E-state index in [2.05, 4.69) is 5.32 Å². The highest BCUT2D eigenvalue weighted by Gasteiger charge is 2.10. The molecule has 0 atom stereocenters. The Morgan fingerprint density at radius 1 is 1.36 bits per heavy atom. The summed E-state index contributed by atoms with van der Waals surface area (Å²) in [4.78, 5) is 0. The van der Waals surface area contributed by atoms with Crippen molar-refractivity contribution in [2.45, 2.75) is 0 Å². The van der Waals surface area contributed by atoms with Gasteiger partial charge in [-0.3, -0.25) is 0 Å². The number of rotatable bonds is 1. The quantitative estimate of drug-likeness (QED) is 0.653. The predicted octanol–water partition coefficient (Wildman–Crippen LogP) is 1.71. The minimum absolute atomic E-state index is 0.0731. The van der Waals surface area contributed by atoms with Crippen LogP contribution in [-0.4, -0.2) is 12.2 Å². The predicted molar refractivity (Wildman–Crippen MR) is 37.6 cm³/mol. The van der Waals surface area contributed by atoms with E-state index in [0.29, 0.717) is 0 Å². The fourth-order valence-corrected chi connectivity index (χ4v) is 0.734. The summed E-state index contributed by atoms with van der Waals surface area (Å²) < 4.78 is 25.1. The average Bonchev–Trinajstić information content (AvgIpc) is 2.01. The van der Waals surface area contributed by atoms with E-state index in [9.17, 15) is 8.78 Å². The Bertz CT molecular complexity index is 275. The summed E-state index contributed by atoms with van der Waals surface area (Å²) >= 11 is 0. The zero-order valence-electron chi connectivity index (χ0n) is 5.86. The van der Waals surface area contributed by atoms with Crippen LogP contribution in [0.4, 0.5) is 14.5 Å². The summed E-state index contributed by atoms with van der Waals surface area (Å²) in [6.07, 6.45) is 0. The molecule has 2 nitrogen and oxygen atoms in total. The Balaban J connectivity index is 3.25. The largest absolute Gasteiger partial charge is 0.503 e. The summed E-state index contributed by atoms with van der Waals surface area (Å²) in [6, 6.07) is 2.20. The summed E-state index contributed by atoms with van der Waals surface area (Å²) in [5.74, 6) is -2.87. The van der Waals surface area contributed by atoms with Crippen LogP contribution in [0, 0.1) is 11.6 Å². The lowest BCUT2D eigenvalue weighted by Crippen LogP contribution is -1.93. The molecule has 0 heterocycles. The average molecular weight is 159 g/mol. The summed E-state index contributed by atoms with van der Waals surface area (Å²) in [7, 11) is 1.48. The molecule has 0 saturated heterocycles. The Labute approximate surface area is 62.5 Å². The van der Waals surface area contributed by atoms with Crippen LogP contribution >= 0.6 is 0 Å². The zero-order valence-corrected chi connectivity index (χ0v) is 5.86. The van der Waals surface area contributed by atoms with Gasteiger partial charge in [0.25, 0.3) is 0 Å². The van der Waals surface area contributed by atoms with E-state index in [1.54, 1.807) is 0 Å². The molecule has 60 valence electrons. The van der Waals surface area contributed by atoms with Crippen LogP contribution in [0.15, 0.2) is 12.1 Å². The van der Waals surface area contributed by atoms with Crippen molar-refractivity contribution in [1.82, 2.24) is 0 Å². The third-order valence-electron chi connectivity index (χ3n) is 1.34. The van der Waals surface area contributed by atoms with E-state index in [1.165, 1.54) is 13.1 Å². The van der Waals surface area contributed by atoms with Crippen LogP contribution in [0.5, 0.6) is 5.75 Å². The van der Waals surface area contributed by atoms with Crippen molar-refractivity contribution in [3.05, 3.63) is 23.8 Å². The van der Waals surface area contributed by atoms with Crippen LogP contribution in [0.3, 0.4) is 0 Å². The van der Waals surface area contributed by atoms with Crippen molar-refractivity contribution in [3.63, 3.8) is 0 Å². The maximum absolute atomic E-state index is 12.7. The second-order valence-corrected chi connectivity index (χ2v) is 2.01. The van der Waals surface area contributed by atoms with Crippen molar-refractivity contribution in [2.24, 2.45) is 0 Å². The van der Waals surface area contributed by atoms with Crippen LogP contribution in [0.2, 0.25) is 0 Å². The van der Waals surface area contributed by atoms with Gasteiger partial charge >= 0.3 is 0 Å². The maximum Gasteiger partial charge on any atom is 0.190 e. The molecule has 0 aromatic heterocycles. The third-order valence-corrected chi connectivity index (χ3v) is 1.34. The van der Waals surface area contributed by atoms with Crippen molar-refractivity contribution in [1.29, 1.82) is 0 Å². The highest BCUT2D eigenvalue weighted by molar-refractivity contribution is 5.49. The van der Waals surface area contributed by atoms with E-state index in [1.807, 2.05) is 0 Å².